The molecule has 0 spiro atoms. The molecule has 3 rings (SSSR count). The van der Waals surface area contributed by atoms with E-state index in [-0.39, 0.29) is 11.8 Å². The summed E-state index contributed by atoms with van der Waals surface area (Å²) in [7, 11) is 1.55. The molecule has 1 aliphatic heterocycles. The lowest BCUT2D eigenvalue weighted by Crippen LogP contribution is -2.30. The molecule has 0 unspecified atom stereocenters. The molecule has 8 heteroatoms. The summed E-state index contributed by atoms with van der Waals surface area (Å²) in [5.74, 6) is 0.666. The molecule has 0 aromatic heterocycles. The lowest BCUT2D eigenvalue weighted by molar-refractivity contribution is -0.113. The lowest BCUT2D eigenvalue weighted by atomic mass is 10.1. The number of rotatable bonds is 6. The van der Waals surface area contributed by atoms with Crippen molar-refractivity contribution in [3.8, 4) is 11.5 Å². The highest BCUT2D eigenvalue weighted by Crippen LogP contribution is 2.38. The largest absolute Gasteiger partial charge is 0.493 e. The molecule has 1 atom stereocenters. The van der Waals surface area contributed by atoms with Gasteiger partial charge in [-0.3, -0.25) is 4.79 Å². The number of anilines is 1. The lowest BCUT2D eigenvalue weighted by Gasteiger charge is -2.17. The van der Waals surface area contributed by atoms with Crippen molar-refractivity contribution in [2.75, 3.05) is 12.0 Å². The first-order chi connectivity index (χ1) is 13.8. The first-order valence-electron chi connectivity index (χ1n) is 9.01. The number of amides is 3. The Bertz CT molecular complexity index is 975. The van der Waals surface area contributed by atoms with Crippen LogP contribution in [0.25, 0.3) is 6.08 Å². The number of imide groups is 1. The summed E-state index contributed by atoms with van der Waals surface area (Å²) in [5, 5.41) is 3.13. The fourth-order valence-electron chi connectivity index (χ4n) is 2.75. The molecule has 2 aromatic rings. The summed E-state index contributed by atoms with van der Waals surface area (Å²) in [6.07, 6.45) is 2.46. The molecule has 1 saturated heterocycles. The zero-order chi connectivity index (χ0) is 21.1. The van der Waals surface area contributed by atoms with E-state index in [0.717, 1.165) is 11.3 Å². The van der Waals surface area contributed by atoms with E-state index in [0.29, 0.717) is 32.2 Å². The maximum atomic E-state index is 12.8. The van der Waals surface area contributed by atoms with Crippen LogP contribution in [-0.2, 0) is 4.79 Å². The Morgan fingerprint density at radius 2 is 1.93 bits per heavy atom. The minimum absolute atomic E-state index is 0.0213. The summed E-state index contributed by atoms with van der Waals surface area (Å²) in [4.78, 5) is 26.2. The zero-order valence-electron chi connectivity index (χ0n) is 16.2. The highest BCUT2D eigenvalue weighted by Gasteiger charge is 2.34. The number of hydrogen-bond acceptors (Lipinski definition) is 4. The van der Waals surface area contributed by atoms with Gasteiger partial charge in [0.2, 0.25) is 0 Å². The topological polar surface area (TPSA) is 67.9 Å². The van der Waals surface area contributed by atoms with Crippen LogP contribution in [0.5, 0.6) is 11.5 Å². The number of ether oxygens (including phenoxy) is 2. The molecule has 0 radical (unpaired) electrons. The molecule has 0 saturated carbocycles. The molecule has 1 aliphatic rings. The Balaban J connectivity index is 1.92. The summed E-state index contributed by atoms with van der Waals surface area (Å²) >= 11 is 9.38. The first kappa shape index (κ1) is 21.2. The molecular weight excluding hydrogens is 460 g/mol. The Morgan fingerprint density at radius 3 is 2.55 bits per heavy atom. The second-order valence-corrected chi connectivity index (χ2v) is 7.77. The second-order valence-electron chi connectivity index (χ2n) is 6.48. The van der Waals surface area contributed by atoms with Gasteiger partial charge in [-0.25, -0.2) is 9.69 Å². The average Bonchev–Trinajstić information content (AvgIpc) is 2.97. The van der Waals surface area contributed by atoms with Crippen LogP contribution < -0.4 is 19.7 Å². The van der Waals surface area contributed by atoms with Gasteiger partial charge in [0.1, 0.15) is 5.70 Å². The number of halogens is 2. The fraction of sp³-hybridized carbons (Fsp3) is 0.238. The first-order valence-corrected chi connectivity index (χ1v) is 10.2. The van der Waals surface area contributed by atoms with Gasteiger partial charge in [-0.1, -0.05) is 18.5 Å². The Hall–Kier alpha value is -2.51. The predicted octanol–water partition coefficient (Wildman–Crippen LogP) is 5.39. The maximum absolute atomic E-state index is 12.8. The van der Waals surface area contributed by atoms with Crippen molar-refractivity contribution in [2.45, 2.75) is 26.4 Å². The van der Waals surface area contributed by atoms with Crippen LogP contribution in [0.3, 0.4) is 0 Å². The van der Waals surface area contributed by atoms with Crippen LogP contribution in [0.4, 0.5) is 10.5 Å². The molecule has 29 heavy (non-hydrogen) atoms. The number of methoxy groups -OCH3 is 1. The number of nitrogens with zero attached hydrogens (tertiary/aromatic N) is 1. The van der Waals surface area contributed by atoms with Gasteiger partial charge in [0.15, 0.2) is 11.5 Å². The number of carbonyl (C=O) groups excluding carboxylic acids is 2. The van der Waals surface area contributed by atoms with Crippen LogP contribution in [-0.4, -0.2) is 25.2 Å². The third kappa shape index (κ3) is 4.57. The minimum Gasteiger partial charge on any atom is -0.493 e. The van der Waals surface area contributed by atoms with Crippen molar-refractivity contribution in [2.24, 2.45) is 0 Å². The number of benzene rings is 2. The third-order valence-corrected chi connectivity index (χ3v) is 5.26. The SMILES string of the molecule is CC[C@@H](C)Oc1c(Br)cc(/C=C2/NC(=O)N(c3ccc(Cl)cc3)C2=O)cc1OC. The summed E-state index contributed by atoms with van der Waals surface area (Å²) in [5.41, 5.74) is 1.28. The molecule has 1 fully saturated rings. The minimum atomic E-state index is -0.522. The van der Waals surface area contributed by atoms with E-state index < -0.39 is 11.9 Å². The van der Waals surface area contributed by atoms with Crippen molar-refractivity contribution in [1.82, 2.24) is 5.32 Å². The van der Waals surface area contributed by atoms with E-state index in [1.165, 1.54) is 0 Å². The maximum Gasteiger partial charge on any atom is 0.333 e. The molecular formula is C21H20BrClN2O4. The van der Waals surface area contributed by atoms with E-state index in [4.69, 9.17) is 21.1 Å². The van der Waals surface area contributed by atoms with Gasteiger partial charge in [0, 0.05) is 5.02 Å². The summed E-state index contributed by atoms with van der Waals surface area (Å²) in [6.45, 7) is 4.00. The second kappa shape index (κ2) is 8.88. The predicted molar refractivity (Wildman–Crippen MR) is 117 cm³/mol. The Kier molecular flexibility index (Phi) is 6.49. The third-order valence-electron chi connectivity index (χ3n) is 4.42. The summed E-state index contributed by atoms with van der Waals surface area (Å²) in [6, 6.07) is 9.50. The Labute approximate surface area is 182 Å². The van der Waals surface area contributed by atoms with Crippen molar-refractivity contribution < 1.29 is 19.1 Å². The molecule has 1 N–H and O–H groups in total. The highest BCUT2D eigenvalue weighted by atomic mass is 79.9. The van der Waals surface area contributed by atoms with Gasteiger partial charge in [-0.05, 0) is 77.3 Å². The zero-order valence-corrected chi connectivity index (χ0v) is 18.5. The van der Waals surface area contributed by atoms with Crippen molar-refractivity contribution >= 4 is 51.2 Å². The van der Waals surface area contributed by atoms with Gasteiger partial charge in [-0.2, -0.15) is 0 Å². The van der Waals surface area contributed by atoms with Gasteiger partial charge in [-0.15, -0.1) is 0 Å². The van der Waals surface area contributed by atoms with E-state index >= 15 is 0 Å². The van der Waals surface area contributed by atoms with Crippen molar-refractivity contribution in [3.63, 3.8) is 0 Å². The van der Waals surface area contributed by atoms with E-state index in [2.05, 4.69) is 21.2 Å². The Morgan fingerprint density at radius 1 is 1.24 bits per heavy atom. The van der Waals surface area contributed by atoms with Gasteiger partial charge in [0.05, 0.1) is 23.4 Å². The molecule has 3 amide bonds. The van der Waals surface area contributed by atoms with E-state index in [9.17, 15) is 9.59 Å². The molecule has 0 aliphatic carbocycles. The normalized spacial score (nSPS) is 16.2. The van der Waals surface area contributed by atoms with E-state index in [1.807, 2.05) is 13.8 Å². The van der Waals surface area contributed by atoms with E-state index in [1.54, 1.807) is 49.6 Å². The molecule has 0 bridgehead atoms. The number of urea groups is 1. The van der Waals surface area contributed by atoms with Gasteiger partial charge >= 0.3 is 6.03 Å². The van der Waals surface area contributed by atoms with Gasteiger partial charge in [0.25, 0.3) is 5.91 Å². The molecule has 152 valence electrons. The number of nitrogens with one attached hydrogen (secondary N) is 1. The van der Waals surface area contributed by atoms with Crippen molar-refractivity contribution in [1.29, 1.82) is 0 Å². The molecule has 6 nitrogen and oxygen atoms in total. The fourth-order valence-corrected chi connectivity index (χ4v) is 3.43. The van der Waals surface area contributed by atoms with Crippen LogP contribution in [0.1, 0.15) is 25.8 Å². The van der Waals surface area contributed by atoms with Crippen LogP contribution in [0, 0.1) is 0 Å². The quantitative estimate of drug-likeness (QED) is 0.446. The van der Waals surface area contributed by atoms with Crippen LogP contribution >= 0.6 is 27.5 Å². The van der Waals surface area contributed by atoms with Gasteiger partial charge < -0.3 is 14.8 Å². The summed E-state index contributed by atoms with van der Waals surface area (Å²) < 4.78 is 12.1. The van der Waals surface area contributed by atoms with Crippen molar-refractivity contribution in [3.05, 3.63) is 57.2 Å². The number of hydrogen-bond donors (Lipinski definition) is 1. The standard InChI is InChI=1S/C21H20BrClN2O4/c1-4-12(2)29-19-16(22)9-13(11-18(19)28-3)10-17-20(26)25(21(27)24-17)15-7-5-14(23)6-8-15/h5-12H,4H2,1-3H3,(H,24,27)/b17-10+/t12-/m1/s1. The average molecular weight is 480 g/mol. The monoisotopic (exact) mass is 478 g/mol. The number of carbonyl (C=O) groups is 2. The van der Waals surface area contributed by atoms with Crippen LogP contribution in [0.2, 0.25) is 5.02 Å². The van der Waals surface area contributed by atoms with Crippen LogP contribution in [0.15, 0.2) is 46.6 Å². The smallest absolute Gasteiger partial charge is 0.333 e. The molecule has 2 aromatic carbocycles. The molecule has 1 heterocycles. The highest BCUT2D eigenvalue weighted by molar-refractivity contribution is 9.10.